The van der Waals surface area contributed by atoms with Gasteiger partial charge in [0.1, 0.15) is 5.82 Å². The number of nitrogens with zero attached hydrogens (tertiary/aromatic N) is 3. The Morgan fingerprint density at radius 1 is 0.923 bits per heavy atom. The van der Waals surface area contributed by atoms with Crippen LogP contribution in [-0.4, -0.2) is 20.7 Å². The van der Waals surface area contributed by atoms with Crippen molar-refractivity contribution in [2.45, 2.75) is 52.0 Å². The molecule has 0 unspecified atom stereocenters. The molecule has 0 aliphatic carbocycles. The van der Waals surface area contributed by atoms with Gasteiger partial charge in [0.05, 0.1) is 34.6 Å². The zero-order valence-corrected chi connectivity index (χ0v) is 21.2. The first kappa shape index (κ1) is 28.1. The summed E-state index contributed by atoms with van der Waals surface area (Å²) in [5.74, 6) is -1.36. The Bertz CT molecular complexity index is 1540. The number of rotatable bonds is 5. The predicted octanol–water partition coefficient (Wildman–Crippen LogP) is 7.52. The van der Waals surface area contributed by atoms with E-state index < -0.39 is 46.2 Å². The van der Waals surface area contributed by atoms with Crippen LogP contribution < -0.4 is 5.32 Å². The first-order valence-electron chi connectivity index (χ1n) is 11.8. The van der Waals surface area contributed by atoms with Gasteiger partial charge in [-0.1, -0.05) is 6.07 Å². The molecule has 2 heterocycles. The summed E-state index contributed by atoms with van der Waals surface area (Å²) >= 11 is 0. The molecule has 0 fully saturated rings. The van der Waals surface area contributed by atoms with Gasteiger partial charge in [-0.15, -0.1) is 0 Å². The number of carbonyl (C=O) groups is 1. The summed E-state index contributed by atoms with van der Waals surface area (Å²) in [5, 5.41) is 7.43. The maximum absolute atomic E-state index is 13.9. The van der Waals surface area contributed by atoms with E-state index >= 15 is 0 Å². The highest BCUT2D eigenvalue weighted by atomic mass is 19.4. The molecule has 0 aliphatic heterocycles. The summed E-state index contributed by atoms with van der Waals surface area (Å²) < 4.78 is 96.2. The third-order valence-corrected chi connectivity index (χ3v) is 6.55. The fraction of sp³-hybridized carbons (Fsp3) is 0.296. The van der Waals surface area contributed by atoms with Crippen LogP contribution in [0.4, 0.5) is 36.4 Å². The number of aryl methyl sites for hydroxylation is 2. The normalized spacial score (nSPS) is 12.7. The minimum atomic E-state index is -5.07. The first-order valence-corrected chi connectivity index (χ1v) is 11.8. The Morgan fingerprint density at radius 2 is 1.51 bits per heavy atom. The van der Waals surface area contributed by atoms with E-state index in [-0.39, 0.29) is 11.8 Å². The lowest BCUT2D eigenvalue weighted by molar-refractivity contribution is -0.143. The summed E-state index contributed by atoms with van der Waals surface area (Å²) in [6, 6.07) is 5.11. The van der Waals surface area contributed by atoms with E-state index in [0.717, 1.165) is 0 Å². The standard InChI is InChI=1S/C27H23F7N4O/c1-5-38-23-20(12-36-38)22(19-7-6-18(28)8-14(19)2)21(13-35-23)37-24(39)25(3,4)15-9-16(26(29,30)31)11-17(10-15)27(32,33)34/h6-13H,5H2,1-4H3,(H,37,39). The number of carbonyl (C=O) groups excluding carboxylic acids is 1. The van der Waals surface area contributed by atoms with Gasteiger partial charge in [-0.05, 0) is 74.7 Å². The Kier molecular flexibility index (Phi) is 6.95. The zero-order valence-electron chi connectivity index (χ0n) is 21.2. The molecule has 0 saturated heterocycles. The molecule has 1 amide bonds. The van der Waals surface area contributed by atoms with E-state index in [1.165, 1.54) is 44.4 Å². The number of nitrogens with one attached hydrogen (secondary N) is 1. The average Bonchev–Trinajstić information content (AvgIpc) is 3.26. The molecule has 0 spiro atoms. The summed E-state index contributed by atoms with van der Waals surface area (Å²) in [6.45, 7) is 6.43. The molecule has 4 aromatic rings. The smallest absolute Gasteiger partial charge is 0.323 e. The molecule has 0 atom stereocenters. The number of aromatic nitrogens is 3. The van der Waals surface area contributed by atoms with Gasteiger partial charge in [-0.3, -0.25) is 4.79 Å². The first-order chi connectivity index (χ1) is 18.0. The van der Waals surface area contributed by atoms with Crippen molar-refractivity contribution in [2.24, 2.45) is 0 Å². The summed E-state index contributed by atoms with van der Waals surface area (Å²) in [4.78, 5) is 17.9. The van der Waals surface area contributed by atoms with Gasteiger partial charge in [0.2, 0.25) is 5.91 Å². The van der Waals surface area contributed by atoms with Gasteiger partial charge < -0.3 is 5.32 Å². The number of pyridine rings is 1. The van der Waals surface area contributed by atoms with Crippen molar-refractivity contribution in [3.8, 4) is 11.1 Å². The Morgan fingerprint density at radius 3 is 2.05 bits per heavy atom. The van der Waals surface area contributed by atoms with Gasteiger partial charge in [0, 0.05) is 17.5 Å². The lowest BCUT2D eigenvalue weighted by Crippen LogP contribution is -2.35. The Hall–Kier alpha value is -3.96. The van der Waals surface area contributed by atoms with Crippen LogP contribution in [0.3, 0.4) is 0 Å². The van der Waals surface area contributed by atoms with E-state index in [2.05, 4.69) is 15.4 Å². The van der Waals surface area contributed by atoms with Gasteiger partial charge in [0.25, 0.3) is 0 Å². The largest absolute Gasteiger partial charge is 0.416 e. The highest BCUT2D eigenvalue weighted by Crippen LogP contribution is 2.41. The Balaban J connectivity index is 1.85. The van der Waals surface area contributed by atoms with Gasteiger partial charge in [-0.2, -0.15) is 31.4 Å². The topological polar surface area (TPSA) is 59.8 Å². The number of fused-ring (bicyclic) bond motifs is 1. The minimum Gasteiger partial charge on any atom is -0.323 e. The molecule has 4 rings (SSSR count). The van der Waals surface area contributed by atoms with Gasteiger partial charge in [0.15, 0.2) is 5.65 Å². The number of hydrogen-bond acceptors (Lipinski definition) is 3. The summed E-state index contributed by atoms with van der Waals surface area (Å²) in [5.41, 5.74) is -3.26. The maximum atomic E-state index is 13.9. The number of alkyl halides is 6. The van der Waals surface area contributed by atoms with E-state index in [1.807, 2.05) is 6.92 Å². The lowest BCUT2D eigenvalue weighted by atomic mass is 9.81. The highest BCUT2D eigenvalue weighted by molar-refractivity contribution is 6.07. The number of hydrogen-bond donors (Lipinski definition) is 1. The third kappa shape index (κ3) is 5.32. The van der Waals surface area contributed by atoms with Crippen LogP contribution in [0.5, 0.6) is 0 Å². The molecule has 0 saturated carbocycles. The molecular weight excluding hydrogens is 529 g/mol. The molecule has 1 N–H and O–H groups in total. The SMILES string of the molecule is CCn1ncc2c(-c3ccc(F)cc3C)c(NC(=O)C(C)(C)c3cc(C(F)(F)F)cc(C(F)(F)F)c3)cnc21. The fourth-order valence-corrected chi connectivity index (χ4v) is 4.28. The van der Waals surface area contributed by atoms with Crippen LogP contribution in [0, 0.1) is 12.7 Å². The molecule has 0 aliphatic rings. The minimum absolute atomic E-state index is 0.0101. The molecule has 0 bridgehead atoms. The summed E-state index contributed by atoms with van der Waals surface area (Å²) in [6.07, 6.45) is -7.28. The second-order valence-electron chi connectivity index (χ2n) is 9.58. The highest BCUT2D eigenvalue weighted by Gasteiger charge is 2.40. The Labute approximate surface area is 218 Å². The molecule has 0 radical (unpaired) electrons. The van der Waals surface area contributed by atoms with E-state index in [1.54, 1.807) is 11.6 Å². The zero-order chi connectivity index (χ0) is 28.9. The van der Waals surface area contributed by atoms with Crippen molar-refractivity contribution < 1.29 is 35.5 Å². The van der Waals surface area contributed by atoms with E-state index in [9.17, 15) is 35.5 Å². The van der Waals surface area contributed by atoms with Gasteiger partial charge >= 0.3 is 12.4 Å². The number of anilines is 1. The molecule has 12 heteroatoms. The molecule has 39 heavy (non-hydrogen) atoms. The fourth-order valence-electron chi connectivity index (χ4n) is 4.28. The third-order valence-electron chi connectivity index (χ3n) is 6.55. The van der Waals surface area contributed by atoms with Crippen LogP contribution in [0.15, 0.2) is 48.8 Å². The van der Waals surface area contributed by atoms with Crippen LogP contribution >= 0.6 is 0 Å². The molecule has 5 nitrogen and oxygen atoms in total. The van der Waals surface area contributed by atoms with Crippen LogP contribution in [0.1, 0.15) is 43.0 Å². The van der Waals surface area contributed by atoms with Crippen molar-refractivity contribution >= 4 is 22.6 Å². The van der Waals surface area contributed by atoms with Crippen LogP contribution in [-0.2, 0) is 29.1 Å². The van der Waals surface area contributed by atoms with Crippen molar-refractivity contribution in [1.29, 1.82) is 0 Å². The van der Waals surface area contributed by atoms with Crippen molar-refractivity contribution in [2.75, 3.05) is 5.32 Å². The number of halogens is 7. The van der Waals surface area contributed by atoms with E-state index in [0.29, 0.717) is 46.4 Å². The van der Waals surface area contributed by atoms with Crippen molar-refractivity contribution in [1.82, 2.24) is 14.8 Å². The van der Waals surface area contributed by atoms with Gasteiger partial charge in [-0.25, -0.2) is 14.1 Å². The lowest BCUT2D eigenvalue weighted by Gasteiger charge is -2.27. The van der Waals surface area contributed by atoms with Crippen LogP contribution in [0.2, 0.25) is 0 Å². The van der Waals surface area contributed by atoms with Crippen LogP contribution in [0.25, 0.3) is 22.2 Å². The monoisotopic (exact) mass is 552 g/mol. The predicted molar refractivity (Wildman–Crippen MR) is 131 cm³/mol. The van der Waals surface area contributed by atoms with E-state index in [4.69, 9.17) is 0 Å². The maximum Gasteiger partial charge on any atom is 0.416 e. The summed E-state index contributed by atoms with van der Waals surface area (Å²) in [7, 11) is 0. The second kappa shape index (κ2) is 9.65. The quantitative estimate of drug-likeness (QED) is 0.261. The molecular formula is C27H23F7N4O. The number of amides is 1. The average molecular weight is 552 g/mol. The second-order valence-corrected chi connectivity index (χ2v) is 9.58. The van der Waals surface area contributed by atoms with Crippen molar-refractivity contribution in [3.05, 3.63) is 76.9 Å². The number of benzene rings is 2. The molecule has 206 valence electrons. The molecule has 2 aromatic carbocycles. The van der Waals surface area contributed by atoms with Crippen molar-refractivity contribution in [3.63, 3.8) is 0 Å². The molecule has 2 aromatic heterocycles.